The number of aliphatic hydroxyl groups is 1. The second-order valence-electron chi connectivity index (χ2n) is 5.61. The lowest BCUT2D eigenvalue weighted by molar-refractivity contribution is -0.0838. The van der Waals surface area contributed by atoms with Crippen LogP contribution >= 0.6 is 0 Å². The van der Waals surface area contributed by atoms with Crippen molar-refractivity contribution in [1.82, 2.24) is 0 Å². The van der Waals surface area contributed by atoms with E-state index in [9.17, 15) is 9.50 Å². The van der Waals surface area contributed by atoms with Crippen LogP contribution in [0.25, 0.3) is 0 Å². The van der Waals surface area contributed by atoms with Crippen molar-refractivity contribution in [3.63, 3.8) is 0 Å². The minimum absolute atomic E-state index is 0.0102. The van der Waals surface area contributed by atoms with Crippen molar-refractivity contribution < 1.29 is 14.2 Å². The Hall–Kier alpha value is -1.13. The van der Waals surface area contributed by atoms with Gasteiger partial charge >= 0.3 is 0 Å². The lowest BCUT2D eigenvalue weighted by Crippen LogP contribution is -2.53. The molecule has 0 radical (unpaired) electrons. The summed E-state index contributed by atoms with van der Waals surface area (Å²) < 4.78 is 18.8. The molecular weight excluding hydrogens is 233 g/mol. The smallest absolute Gasteiger partial charge is 0.125 e. The van der Waals surface area contributed by atoms with Crippen LogP contribution in [-0.4, -0.2) is 29.5 Å². The van der Waals surface area contributed by atoms with Crippen LogP contribution in [0.3, 0.4) is 0 Å². The Morgan fingerprint density at radius 2 is 2.22 bits per heavy atom. The predicted molar refractivity (Wildman–Crippen MR) is 69.1 cm³/mol. The van der Waals surface area contributed by atoms with E-state index in [0.29, 0.717) is 25.1 Å². The van der Waals surface area contributed by atoms with E-state index in [1.807, 2.05) is 19.9 Å². The van der Waals surface area contributed by atoms with Crippen LogP contribution in [-0.2, 0) is 4.74 Å². The average Bonchev–Trinajstić information content (AvgIpc) is 2.27. The molecule has 1 saturated heterocycles. The average molecular weight is 253 g/mol. The van der Waals surface area contributed by atoms with Gasteiger partial charge in [0, 0.05) is 18.7 Å². The Kier molecular flexibility index (Phi) is 3.59. The molecule has 100 valence electrons. The summed E-state index contributed by atoms with van der Waals surface area (Å²) in [7, 11) is 0. The molecule has 2 rings (SSSR count). The van der Waals surface area contributed by atoms with Crippen LogP contribution < -0.4 is 5.32 Å². The highest BCUT2D eigenvalue weighted by molar-refractivity contribution is 5.46. The van der Waals surface area contributed by atoms with Gasteiger partial charge in [0.25, 0.3) is 0 Å². The molecule has 1 unspecified atom stereocenters. The van der Waals surface area contributed by atoms with E-state index in [1.54, 1.807) is 6.07 Å². The van der Waals surface area contributed by atoms with Crippen molar-refractivity contribution in [3.05, 3.63) is 30.1 Å². The van der Waals surface area contributed by atoms with Crippen molar-refractivity contribution >= 4 is 5.69 Å². The van der Waals surface area contributed by atoms with E-state index >= 15 is 0 Å². The lowest BCUT2D eigenvalue weighted by atomic mass is 9.81. The standard InChI is InChI=1S/C14H20FNO2/c1-13(2)9-14(10-17,6-7-18-13)16-12-5-3-4-11(15)8-12/h3-5,8,16-17H,6-7,9-10H2,1-2H3. The topological polar surface area (TPSA) is 41.5 Å². The first-order chi connectivity index (χ1) is 8.45. The van der Waals surface area contributed by atoms with E-state index in [0.717, 1.165) is 0 Å². The van der Waals surface area contributed by atoms with Gasteiger partial charge in [-0.3, -0.25) is 0 Å². The van der Waals surface area contributed by atoms with Crippen molar-refractivity contribution in [2.45, 2.75) is 37.8 Å². The maximum absolute atomic E-state index is 13.2. The molecule has 2 N–H and O–H groups in total. The summed E-state index contributed by atoms with van der Waals surface area (Å²) >= 11 is 0. The van der Waals surface area contributed by atoms with Crippen LogP contribution in [0.1, 0.15) is 26.7 Å². The SMILES string of the molecule is CC1(C)CC(CO)(Nc2cccc(F)c2)CCO1. The van der Waals surface area contributed by atoms with Crippen molar-refractivity contribution in [3.8, 4) is 0 Å². The zero-order valence-electron chi connectivity index (χ0n) is 10.9. The van der Waals surface area contributed by atoms with Crippen molar-refractivity contribution in [2.75, 3.05) is 18.5 Å². The number of nitrogens with one attached hydrogen (secondary N) is 1. The first kappa shape index (κ1) is 13.3. The number of hydrogen-bond acceptors (Lipinski definition) is 3. The number of benzene rings is 1. The van der Waals surface area contributed by atoms with Crippen LogP contribution in [0.2, 0.25) is 0 Å². The summed E-state index contributed by atoms with van der Waals surface area (Å²) in [5.74, 6) is -0.278. The first-order valence-corrected chi connectivity index (χ1v) is 6.23. The minimum atomic E-state index is -0.435. The molecule has 0 bridgehead atoms. The van der Waals surface area contributed by atoms with Gasteiger partial charge in [-0.1, -0.05) is 6.07 Å². The van der Waals surface area contributed by atoms with Crippen molar-refractivity contribution in [1.29, 1.82) is 0 Å². The second kappa shape index (κ2) is 4.86. The quantitative estimate of drug-likeness (QED) is 0.870. The summed E-state index contributed by atoms with van der Waals surface area (Å²) in [6.07, 6.45) is 1.40. The molecule has 1 fully saturated rings. The lowest BCUT2D eigenvalue weighted by Gasteiger charge is -2.44. The van der Waals surface area contributed by atoms with Crippen molar-refractivity contribution in [2.24, 2.45) is 0 Å². The zero-order valence-corrected chi connectivity index (χ0v) is 10.9. The molecule has 0 aromatic heterocycles. The van der Waals surface area contributed by atoms with Gasteiger partial charge in [-0.2, -0.15) is 0 Å². The van der Waals surface area contributed by atoms with E-state index in [-0.39, 0.29) is 18.0 Å². The third-order valence-electron chi connectivity index (χ3n) is 3.37. The minimum Gasteiger partial charge on any atom is -0.394 e. The molecule has 1 aliphatic heterocycles. The summed E-state index contributed by atoms with van der Waals surface area (Å²) in [6, 6.07) is 6.32. The number of hydrogen-bond donors (Lipinski definition) is 2. The number of rotatable bonds is 3. The molecule has 0 spiro atoms. The van der Waals surface area contributed by atoms with Gasteiger partial charge in [-0.05, 0) is 38.5 Å². The van der Waals surface area contributed by atoms with Crippen LogP contribution in [0, 0.1) is 5.82 Å². The largest absolute Gasteiger partial charge is 0.394 e. The number of ether oxygens (including phenoxy) is 1. The Morgan fingerprint density at radius 3 is 2.83 bits per heavy atom. The molecule has 18 heavy (non-hydrogen) atoms. The monoisotopic (exact) mass is 253 g/mol. The van der Waals surface area contributed by atoms with Gasteiger partial charge in [0.2, 0.25) is 0 Å². The van der Waals surface area contributed by atoms with Crippen LogP contribution in [0.15, 0.2) is 24.3 Å². The maximum Gasteiger partial charge on any atom is 0.125 e. The third-order valence-corrected chi connectivity index (χ3v) is 3.37. The summed E-state index contributed by atoms with van der Waals surface area (Å²) in [6.45, 7) is 4.61. The molecule has 3 nitrogen and oxygen atoms in total. The molecule has 0 aliphatic carbocycles. The highest BCUT2D eigenvalue weighted by atomic mass is 19.1. The number of anilines is 1. The first-order valence-electron chi connectivity index (χ1n) is 6.23. The van der Waals surface area contributed by atoms with E-state index < -0.39 is 5.54 Å². The highest BCUT2D eigenvalue weighted by Crippen LogP contribution is 2.34. The molecule has 4 heteroatoms. The van der Waals surface area contributed by atoms with Gasteiger partial charge in [0.1, 0.15) is 5.82 Å². The Labute approximate surface area is 107 Å². The Morgan fingerprint density at radius 1 is 1.44 bits per heavy atom. The maximum atomic E-state index is 13.2. The molecule has 1 aromatic carbocycles. The molecule has 1 aromatic rings. The second-order valence-corrected chi connectivity index (χ2v) is 5.61. The van der Waals surface area contributed by atoms with Gasteiger partial charge in [-0.15, -0.1) is 0 Å². The summed E-state index contributed by atoms with van der Waals surface area (Å²) in [5.41, 5.74) is -0.0154. The van der Waals surface area contributed by atoms with Crippen LogP contribution in [0.4, 0.5) is 10.1 Å². The van der Waals surface area contributed by atoms with Gasteiger partial charge in [0.05, 0.1) is 17.7 Å². The highest BCUT2D eigenvalue weighted by Gasteiger charge is 2.40. The third kappa shape index (κ3) is 3.00. The fourth-order valence-corrected chi connectivity index (χ4v) is 2.63. The van der Waals surface area contributed by atoms with Gasteiger partial charge in [0.15, 0.2) is 0 Å². The summed E-state index contributed by atoms with van der Waals surface area (Å²) in [5, 5.41) is 13.0. The molecule has 1 heterocycles. The van der Waals surface area contributed by atoms with E-state index in [4.69, 9.17) is 4.74 Å². The molecule has 0 amide bonds. The molecular formula is C14H20FNO2. The van der Waals surface area contributed by atoms with E-state index in [1.165, 1.54) is 12.1 Å². The fourth-order valence-electron chi connectivity index (χ4n) is 2.63. The Balaban J connectivity index is 2.18. The fraction of sp³-hybridized carbons (Fsp3) is 0.571. The molecule has 1 atom stereocenters. The molecule has 0 saturated carbocycles. The zero-order chi connectivity index (χ0) is 13.2. The predicted octanol–water partition coefficient (Wildman–Crippen LogP) is 2.56. The molecule has 1 aliphatic rings. The van der Waals surface area contributed by atoms with E-state index in [2.05, 4.69) is 5.32 Å². The number of halogens is 1. The van der Waals surface area contributed by atoms with Crippen LogP contribution in [0.5, 0.6) is 0 Å². The normalized spacial score (nSPS) is 26.9. The summed E-state index contributed by atoms with van der Waals surface area (Å²) in [4.78, 5) is 0. The van der Waals surface area contributed by atoms with Gasteiger partial charge < -0.3 is 15.2 Å². The number of aliphatic hydroxyl groups excluding tert-OH is 1. The van der Waals surface area contributed by atoms with Gasteiger partial charge in [-0.25, -0.2) is 4.39 Å². The Bertz CT molecular complexity index is 422.